The zero-order valence-electron chi connectivity index (χ0n) is 16.6. The highest BCUT2D eigenvalue weighted by Crippen LogP contribution is 2.35. The summed E-state index contributed by atoms with van der Waals surface area (Å²) in [5.41, 5.74) is 2.92. The summed E-state index contributed by atoms with van der Waals surface area (Å²) < 4.78 is 15.4. The third kappa shape index (κ3) is 3.94. The smallest absolute Gasteiger partial charge is 0.123 e. The third-order valence-electron chi connectivity index (χ3n) is 6.15. The number of aromatic nitrogens is 2. The average molecular weight is 388 g/mol. The summed E-state index contributed by atoms with van der Waals surface area (Å²) in [6.45, 7) is 4.64. The third-order valence-corrected chi connectivity index (χ3v) is 6.15. The van der Waals surface area contributed by atoms with Crippen molar-refractivity contribution in [1.82, 2.24) is 14.5 Å². The van der Waals surface area contributed by atoms with E-state index in [4.69, 9.17) is 0 Å². The molecule has 5 heteroatoms. The molecule has 1 saturated heterocycles. The van der Waals surface area contributed by atoms with Crippen LogP contribution in [0, 0.1) is 17.1 Å². The summed E-state index contributed by atoms with van der Waals surface area (Å²) in [4.78, 5) is 6.75. The SMILES string of the molecule is C[C@H](c1ccc(F)cc1)n1cncc1CN1CCC(C#N)(c2ccccc2)CC1. The number of imidazole rings is 1. The van der Waals surface area contributed by atoms with Gasteiger partial charge in [0.25, 0.3) is 0 Å². The van der Waals surface area contributed by atoms with Crippen molar-refractivity contribution in [3.8, 4) is 6.07 Å². The number of benzene rings is 2. The molecule has 29 heavy (non-hydrogen) atoms. The number of nitriles is 1. The Hall–Kier alpha value is -2.97. The Bertz CT molecular complexity index is 980. The fraction of sp³-hybridized carbons (Fsp3) is 0.333. The predicted octanol–water partition coefficient (Wildman–Crippen LogP) is 4.69. The van der Waals surface area contributed by atoms with Crippen LogP contribution in [0.25, 0.3) is 0 Å². The van der Waals surface area contributed by atoms with Gasteiger partial charge in [-0.05, 0) is 43.0 Å². The number of rotatable bonds is 5. The molecule has 0 saturated carbocycles. The van der Waals surface area contributed by atoms with Gasteiger partial charge in [0, 0.05) is 25.8 Å². The van der Waals surface area contributed by atoms with E-state index in [9.17, 15) is 9.65 Å². The lowest BCUT2D eigenvalue weighted by Crippen LogP contribution is -2.41. The van der Waals surface area contributed by atoms with Crippen LogP contribution in [-0.4, -0.2) is 27.5 Å². The van der Waals surface area contributed by atoms with E-state index in [2.05, 4.69) is 39.6 Å². The molecule has 0 unspecified atom stereocenters. The molecule has 0 N–H and O–H groups in total. The van der Waals surface area contributed by atoms with E-state index in [0.29, 0.717) is 0 Å². The van der Waals surface area contributed by atoms with Gasteiger partial charge in [-0.3, -0.25) is 4.90 Å². The van der Waals surface area contributed by atoms with Gasteiger partial charge in [-0.2, -0.15) is 5.26 Å². The Labute approximate surface area is 171 Å². The van der Waals surface area contributed by atoms with Gasteiger partial charge in [-0.1, -0.05) is 42.5 Å². The second kappa shape index (κ2) is 8.18. The van der Waals surface area contributed by atoms with Crippen LogP contribution in [0.2, 0.25) is 0 Å². The van der Waals surface area contributed by atoms with Crippen LogP contribution >= 0.6 is 0 Å². The molecule has 148 valence electrons. The lowest BCUT2D eigenvalue weighted by atomic mass is 9.74. The van der Waals surface area contributed by atoms with Crippen molar-refractivity contribution in [2.24, 2.45) is 0 Å². The standard InChI is InChI=1S/C24H25FN4/c1-19(20-7-9-22(25)10-8-20)29-18-27-15-23(29)16-28-13-11-24(17-26,12-14-28)21-5-3-2-4-6-21/h2-10,15,18-19H,11-14,16H2,1H3/t19-/m1/s1. The van der Waals surface area contributed by atoms with E-state index in [1.165, 1.54) is 12.1 Å². The Balaban J connectivity index is 1.45. The van der Waals surface area contributed by atoms with Crippen LogP contribution in [0.4, 0.5) is 4.39 Å². The first-order valence-corrected chi connectivity index (χ1v) is 10.1. The maximum Gasteiger partial charge on any atom is 0.123 e. The molecular formula is C24H25FN4. The van der Waals surface area contributed by atoms with E-state index in [1.54, 1.807) is 0 Å². The summed E-state index contributed by atoms with van der Waals surface area (Å²) in [7, 11) is 0. The topological polar surface area (TPSA) is 44.9 Å². The highest BCUT2D eigenvalue weighted by molar-refractivity contribution is 5.33. The molecule has 0 bridgehead atoms. The zero-order chi connectivity index (χ0) is 20.3. The van der Waals surface area contributed by atoms with Crippen LogP contribution < -0.4 is 0 Å². The van der Waals surface area contributed by atoms with E-state index in [-0.39, 0.29) is 17.3 Å². The lowest BCUT2D eigenvalue weighted by Gasteiger charge is -2.37. The van der Waals surface area contributed by atoms with Crippen LogP contribution in [0.3, 0.4) is 0 Å². The highest BCUT2D eigenvalue weighted by atomic mass is 19.1. The maximum absolute atomic E-state index is 13.2. The molecule has 4 nitrogen and oxygen atoms in total. The molecule has 1 fully saturated rings. The Morgan fingerprint density at radius 3 is 2.45 bits per heavy atom. The van der Waals surface area contributed by atoms with Crippen molar-refractivity contribution in [3.63, 3.8) is 0 Å². The van der Waals surface area contributed by atoms with Crippen molar-refractivity contribution >= 4 is 0 Å². The number of piperidine rings is 1. The summed E-state index contributed by atoms with van der Waals surface area (Å²) in [5, 5.41) is 9.89. The number of halogens is 1. The summed E-state index contributed by atoms with van der Waals surface area (Å²) in [6, 6.07) is 19.5. The van der Waals surface area contributed by atoms with Crippen LogP contribution in [0.5, 0.6) is 0 Å². The molecule has 4 rings (SSSR count). The minimum Gasteiger partial charge on any atom is -0.326 e. The van der Waals surface area contributed by atoms with Gasteiger partial charge in [0.2, 0.25) is 0 Å². The van der Waals surface area contributed by atoms with Crippen molar-refractivity contribution in [1.29, 1.82) is 5.26 Å². The zero-order valence-corrected chi connectivity index (χ0v) is 16.6. The van der Waals surface area contributed by atoms with E-state index in [1.807, 2.05) is 42.9 Å². The first-order valence-electron chi connectivity index (χ1n) is 10.1. The second-order valence-corrected chi connectivity index (χ2v) is 7.86. The summed E-state index contributed by atoms with van der Waals surface area (Å²) >= 11 is 0. The monoisotopic (exact) mass is 388 g/mol. The van der Waals surface area contributed by atoms with Gasteiger partial charge >= 0.3 is 0 Å². The van der Waals surface area contributed by atoms with E-state index in [0.717, 1.165) is 49.3 Å². The molecule has 0 aliphatic carbocycles. The highest BCUT2D eigenvalue weighted by Gasteiger charge is 2.36. The average Bonchev–Trinajstić information content (AvgIpc) is 3.23. The van der Waals surface area contributed by atoms with Crippen molar-refractivity contribution in [3.05, 3.63) is 89.8 Å². The van der Waals surface area contributed by atoms with Gasteiger partial charge in [-0.15, -0.1) is 0 Å². The molecule has 1 aromatic heterocycles. The maximum atomic E-state index is 13.2. The van der Waals surface area contributed by atoms with Crippen LogP contribution in [-0.2, 0) is 12.0 Å². The molecule has 1 atom stereocenters. The fourth-order valence-corrected chi connectivity index (χ4v) is 4.25. The quantitative estimate of drug-likeness (QED) is 0.637. The van der Waals surface area contributed by atoms with Gasteiger partial charge in [0.05, 0.1) is 29.5 Å². The molecule has 3 aromatic rings. The largest absolute Gasteiger partial charge is 0.326 e. The lowest BCUT2D eigenvalue weighted by molar-refractivity contribution is 0.175. The molecular weight excluding hydrogens is 363 g/mol. The summed E-state index contributed by atoms with van der Waals surface area (Å²) in [6.07, 6.45) is 5.41. The molecule has 1 aliphatic rings. The summed E-state index contributed by atoms with van der Waals surface area (Å²) in [5.74, 6) is -0.223. The fourth-order valence-electron chi connectivity index (χ4n) is 4.25. The first-order chi connectivity index (χ1) is 14.1. The van der Waals surface area contributed by atoms with E-state index >= 15 is 0 Å². The van der Waals surface area contributed by atoms with Gasteiger partial charge in [0.15, 0.2) is 0 Å². The molecule has 0 spiro atoms. The molecule has 2 aromatic carbocycles. The van der Waals surface area contributed by atoms with Gasteiger partial charge in [-0.25, -0.2) is 9.37 Å². The molecule has 2 heterocycles. The molecule has 1 aliphatic heterocycles. The minimum atomic E-state index is -0.389. The van der Waals surface area contributed by atoms with E-state index < -0.39 is 0 Å². The Morgan fingerprint density at radius 1 is 1.10 bits per heavy atom. The van der Waals surface area contributed by atoms with Crippen molar-refractivity contribution < 1.29 is 4.39 Å². The predicted molar refractivity (Wildman–Crippen MR) is 111 cm³/mol. The van der Waals surface area contributed by atoms with Gasteiger partial charge in [0.1, 0.15) is 5.82 Å². The Morgan fingerprint density at radius 2 is 1.79 bits per heavy atom. The molecule has 0 radical (unpaired) electrons. The second-order valence-electron chi connectivity index (χ2n) is 7.86. The minimum absolute atomic E-state index is 0.0837. The number of hydrogen-bond acceptors (Lipinski definition) is 3. The van der Waals surface area contributed by atoms with Crippen molar-refractivity contribution in [2.45, 2.75) is 37.8 Å². The number of nitrogens with zero attached hydrogens (tertiary/aromatic N) is 4. The number of hydrogen-bond donors (Lipinski definition) is 0. The number of likely N-dealkylation sites (tertiary alicyclic amines) is 1. The van der Waals surface area contributed by atoms with Gasteiger partial charge < -0.3 is 4.57 Å². The van der Waals surface area contributed by atoms with Crippen LogP contribution in [0.1, 0.15) is 42.6 Å². The molecule has 0 amide bonds. The Kier molecular flexibility index (Phi) is 5.46. The normalized spacial score (nSPS) is 17.6. The first kappa shape index (κ1) is 19.4. The van der Waals surface area contributed by atoms with Crippen molar-refractivity contribution in [2.75, 3.05) is 13.1 Å². The van der Waals surface area contributed by atoms with Crippen LogP contribution in [0.15, 0.2) is 67.1 Å².